The predicted molar refractivity (Wildman–Crippen MR) is 40.3 cm³/mol. The van der Waals surface area contributed by atoms with E-state index < -0.39 is 0 Å². The summed E-state index contributed by atoms with van der Waals surface area (Å²) in [6.07, 6.45) is 3.48. The maximum atomic E-state index is 2.22. The van der Waals surface area contributed by atoms with E-state index in [2.05, 4.69) is 34.7 Å². The fraction of sp³-hybridized carbons (Fsp3) is 0.600. The van der Waals surface area contributed by atoms with Gasteiger partial charge in [0.2, 0.25) is 0 Å². The molecule has 0 saturated carbocycles. The first-order chi connectivity index (χ1) is 3.31. The molecule has 0 saturated heterocycles. The van der Waals surface area contributed by atoms with Crippen LogP contribution in [0.15, 0.2) is 12.1 Å². The molecule has 2 heteroatoms. The van der Waals surface area contributed by atoms with Crippen molar-refractivity contribution in [2.24, 2.45) is 0 Å². The highest BCUT2D eigenvalue weighted by Gasteiger charge is 1.86. The van der Waals surface area contributed by atoms with E-state index >= 15 is 0 Å². The van der Waals surface area contributed by atoms with E-state index in [0.29, 0.717) is 0 Å². The van der Waals surface area contributed by atoms with Crippen molar-refractivity contribution < 1.29 is 0 Å². The Morgan fingerprint density at radius 1 is 1.71 bits per heavy atom. The molecule has 0 aliphatic rings. The van der Waals surface area contributed by atoms with Gasteiger partial charge in [0, 0.05) is 0 Å². The summed E-state index contributed by atoms with van der Waals surface area (Å²) < 4.78 is 0. The lowest BCUT2D eigenvalue weighted by atomic mass is 9.83. The zero-order valence-electron chi connectivity index (χ0n) is 5.44. The zero-order chi connectivity index (χ0) is 5.70. The summed E-state index contributed by atoms with van der Waals surface area (Å²) in [6.45, 7) is 2.20. The first-order valence-corrected chi connectivity index (χ1v) is 2.94. The van der Waals surface area contributed by atoms with Crippen LogP contribution in [0.2, 0.25) is 5.82 Å². The van der Waals surface area contributed by atoms with Crippen LogP contribution in [-0.2, 0) is 0 Å². The molecule has 0 fully saturated rings. The highest BCUT2D eigenvalue weighted by atomic mass is 13.8. The normalized spacial score (nSPS) is 15.0. The molecule has 0 aromatic carbocycles. The van der Waals surface area contributed by atoms with Gasteiger partial charge >= 0.3 is 0 Å². The van der Waals surface area contributed by atoms with Gasteiger partial charge in [-0.3, -0.25) is 0 Å². The van der Waals surface area contributed by atoms with E-state index in [1.165, 1.54) is 6.42 Å². The minimum atomic E-state index is 0.769. The highest BCUT2D eigenvalue weighted by Crippen LogP contribution is 2.03. The van der Waals surface area contributed by atoms with Crippen LogP contribution in [0.5, 0.6) is 0 Å². The molecule has 0 aliphatic carbocycles. The predicted octanol–water partition coefficient (Wildman–Crippen LogP) is -0.0352. The molecule has 0 amide bonds. The van der Waals surface area contributed by atoms with Gasteiger partial charge in [-0.1, -0.05) is 19.2 Å². The number of hydrogen-bond acceptors (Lipinski definition) is 0. The van der Waals surface area contributed by atoms with Gasteiger partial charge in [-0.15, -0.1) is 12.1 Å². The van der Waals surface area contributed by atoms with Crippen LogP contribution in [-0.4, -0.2) is 15.7 Å². The van der Waals surface area contributed by atoms with Gasteiger partial charge in [0.1, 0.15) is 15.7 Å². The Balaban J connectivity index is 3.16. The van der Waals surface area contributed by atoms with Crippen molar-refractivity contribution in [2.75, 3.05) is 0 Å². The molecule has 0 N–H and O–H groups in total. The fourth-order valence-corrected chi connectivity index (χ4v) is 0.465. The smallest absolute Gasteiger partial charge is 0.128 e. The van der Waals surface area contributed by atoms with Crippen molar-refractivity contribution in [3.05, 3.63) is 12.1 Å². The molecule has 0 aromatic heterocycles. The largest absolute Gasteiger partial charge is 0.129 e. The molecule has 0 aliphatic heterocycles. The summed E-state index contributed by atoms with van der Waals surface area (Å²) >= 11 is 0. The Morgan fingerprint density at radius 3 is 2.43 bits per heavy atom. The van der Waals surface area contributed by atoms with Crippen molar-refractivity contribution in [1.29, 1.82) is 0 Å². The van der Waals surface area contributed by atoms with Crippen LogP contribution in [0, 0.1) is 0 Å². The molecule has 0 spiro atoms. The maximum absolute atomic E-state index is 2.22. The standard InChI is InChI=1S/C5H12B2/c1-2-5(7)3-4-6/h3-5H,2,6-7H2,1H3/b4-3+. The SMILES string of the molecule is B/C=C/C(B)CC. The summed E-state index contributed by atoms with van der Waals surface area (Å²) in [6, 6.07) is 0. The van der Waals surface area contributed by atoms with Crippen LogP contribution in [0.4, 0.5) is 0 Å². The van der Waals surface area contributed by atoms with Gasteiger partial charge in [-0.2, -0.15) is 0 Å². The topological polar surface area (TPSA) is 0 Å². The average molecular weight is 93.8 g/mol. The molecule has 0 bridgehead atoms. The van der Waals surface area contributed by atoms with Gasteiger partial charge in [0.15, 0.2) is 0 Å². The van der Waals surface area contributed by atoms with Crippen molar-refractivity contribution in [1.82, 2.24) is 0 Å². The first-order valence-electron chi connectivity index (χ1n) is 2.94. The second kappa shape index (κ2) is 4.04. The lowest BCUT2D eigenvalue weighted by Gasteiger charge is -1.95. The lowest BCUT2D eigenvalue weighted by Crippen LogP contribution is -1.81. The minimum absolute atomic E-state index is 0.769. The molecule has 1 atom stereocenters. The third-order valence-electron chi connectivity index (χ3n) is 1.16. The quantitative estimate of drug-likeness (QED) is 0.421. The Bertz CT molecular complexity index is 59.1. The van der Waals surface area contributed by atoms with Crippen molar-refractivity contribution in [2.45, 2.75) is 19.2 Å². The number of allylic oxidation sites excluding steroid dienone is 1. The summed E-state index contributed by atoms with van der Waals surface area (Å²) in [4.78, 5) is 0. The van der Waals surface area contributed by atoms with Crippen LogP contribution in [0.3, 0.4) is 0 Å². The van der Waals surface area contributed by atoms with Crippen LogP contribution in [0.1, 0.15) is 13.3 Å². The van der Waals surface area contributed by atoms with Crippen LogP contribution in [0.25, 0.3) is 0 Å². The van der Waals surface area contributed by atoms with Crippen LogP contribution < -0.4 is 0 Å². The van der Waals surface area contributed by atoms with Gasteiger partial charge in [-0.25, -0.2) is 0 Å². The minimum Gasteiger partial charge on any atom is -0.128 e. The van der Waals surface area contributed by atoms with Gasteiger partial charge in [0.25, 0.3) is 0 Å². The summed E-state index contributed by atoms with van der Waals surface area (Å²) in [5, 5.41) is 0. The Labute approximate surface area is 47.8 Å². The summed E-state index contributed by atoms with van der Waals surface area (Å²) in [5.74, 6) is 2.87. The first kappa shape index (κ1) is 6.87. The highest BCUT2D eigenvalue weighted by molar-refractivity contribution is 6.18. The third kappa shape index (κ3) is 3.71. The van der Waals surface area contributed by atoms with E-state index in [1.54, 1.807) is 0 Å². The number of hydrogen-bond donors (Lipinski definition) is 0. The van der Waals surface area contributed by atoms with E-state index in [4.69, 9.17) is 0 Å². The zero-order valence-corrected chi connectivity index (χ0v) is 5.44. The molecule has 0 heterocycles. The monoisotopic (exact) mass is 94.1 g/mol. The van der Waals surface area contributed by atoms with E-state index in [9.17, 15) is 0 Å². The summed E-state index contributed by atoms with van der Waals surface area (Å²) in [7, 11) is 4.28. The molecule has 0 radical (unpaired) electrons. The Morgan fingerprint density at radius 2 is 2.29 bits per heavy atom. The average Bonchev–Trinajstić information content (AvgIpc) is 1.68. The van der Waals surface area contributed by atoms with Gasteiger partial charge in [0.05, 0.1) is 0 Å². The molecular weight excluding hydrogens is 81.7 g/mol. The molecule has 38 valence electrons. The summed E-state index contributed by atoms with van der Waals surface area (Å²) in [5.41, 5.74) is 0. The maximum Gasteiger partial charge on any atom is 0.129 e. The van der Waals surface area contributed by atoms with Crippen LogP contribution >= 0.6 is 0 Å². The van der Waals surface area contributed by atoms with E-state index in [-0.39, 0.29) is 0 Å². The fourth-order valence-electron chi connectivity index (χ4n) is 0.465. The van der Waals surface area contributed by atoms with Crippen molar-refractivity contribution in [3.63, 3.8) is 0 Å². The van der Waals surface area contributed by atoms with Gasteiger partial charge in [-0.05, 0) is 0 Å². The molecule has 0 rings (SSSR count). The Kier molecular flexibility index (Phi) is 3.97. The molecule has 0 aromatic rings. The van der Waals surface area contributed by atoms with Gasteiger partial charge < -0.3 is 0 Å². The molecule has 7 heavy (non-hydrogen) atoms. The van der Waals surface area contributed by atoms with E-state index in [0.717, 1.165) is 5.82 Å². The second-order valence-corrected chi connectivity index (χ2v) is 1.91. The molecular formula is C5H12B2. The van der Waals surface area contributed by atoms with Crippen molar-refractivity contribution in [3.8, 4) is 0 Å². The molecule has 1 unspecified atom stereocenters. The van der Waals surface area contributed by atoms with Crippen molar-refractivity contribution >= 4 is 15.7 Å². The lowest BCUT2D eigenvalue weighted by molar-refractivity contribution is 0.954. The third-order valence-corrected chi connectivity index (χ3v) is 1.16. The second-order valence-electron chi connectivity index (χ2n) is 1.91. The van der Waals surface area contributed by atoms with E-state index in [1.807, 2.05) is 0 Å². The Hall–Kier alpha value is -0.130. The number of rotatable bonds is 2. The molecule has 0 nitrogen and oxygen atoms in total.